The zero-order valence-electron chi connectivity index (χ0n) is 18.4. The SMILES string of the molecule is CC(C)NC(=O)C(c1ccccc1)N(C)C(=O)C(CC(N)=O)NC(=O)OC(C)(C)C. The van der Waals surface area contributed by atoms with Crippen molar-refractivity contribution in [2.45, 2.75) is 64.8 Å². The summed E-state index contributed by atoms with van der Waals surface area (Å²) in [5.74, 6) is -1.81. The van der Waals surface area contributed by atoms with Crippen LogP contribution in [0.3, 0.4) is 0 Å². The second kappa shape index (κ2) is 10.6. The lowest BCUT2D eigenvalue weighted by atomic mass is 10.0. The van der Waals surface area contributed by atoms with Crippen LogP contribution >= 0.6 is 0 Å². The van der Waals surface area contributed by atoms with Gasteiger partial charge >= 0.3 is 6.09 Å². The molecule has 0 saturated heterocycles. The van der Waals surface area contributed by atoms with Gasteiger partial charge in [0.1, 0.15) is 17.7 Å². The average molecular weight is 421 g/mol. The second-order valence-corrected chi connectivity index (χ2v) is 8.29. The Labute approximate surface area is 177 Å². The molecule has 0 spiro atoms. The van der Waals surface area contributed by atoms with Gasteiger partial charge in [-0.15, -0.1) is 0 Å². The molecule has 9 heteroatoms. The highest BCUT2D eigenvalue weighted by Crippen LogP contribution is 2.21. The third-order valence-corrected chi connectivity index (χ3v) is 3.92. The molecule has 0 aromatic heterocycles. The number of nitrogens with two attached hydrogens (primary N) is 1. The van der Waals surface area contributed by atoms with Gasteiger partial charge in [-0.1, -0.05) is 30.3 Å². The van der Waals surface area contributed by atoms with E-state index in [1.807, 2.05) is 13.8 Å². The molecule has 0 radical (unpaired) electrons. The van der Waals surface area contributed by atoms with Crippen LogP contribution in [0, 0.1) is 0 Å². The largest absolute Gasteiger partial charge is 0.444 e. The van der Waals surface area contributed by atoms with Crippen LogP contribution in [0.15, 0.2) is 30.3 Å². The Morgan fingerprint density at radius 1 is 1.07 bits per heavy atom. The van der Waals surface area contributed by atoms with E-state index in [2.05, 4.69) is 10.6 Å². The van der Waals surface area contributed by atoms with Crippen LogP contribution in [-0.2, 0) is 19.1 Å². The molecule has 166 valence electrons. The number of likely N-dealkylation sites (N-methyl/N-ethyl adjacent to an activating group) is 1. The summed E-state index contributed by atoms with van der Waals surface area (Å²) in [6, 6.07) is 6.36. The first-order valence-electron chi connectivity index (χ1n) is 9.71. The number of hydrogen-bond donors (Lipinski definition) is 3. The molecule has 1 aromatic carbocycles. The van der Waals surface area contributed by atoms with Gasteiger partial charge in [-0.2, -0.15) is 0 Å². The van der Waals surface area contributed by atoms with Gasteiger partial charge in [-0.3, -0.25) is 14.4 Å². The Morgan fingerprint density at radius 3 is 2.10 bits per heavy atom. The molecule has 0 saturated carbocycles. The van der Waals surface area contributed by atoms with E-state index in [0.717, 1.165) is 0 Å². The van der Waals surface area contributed by atoms with Crippen LogP contribution in [0.1, 0.15) is 52.6 Å². The predicted molar refractivity (Wildman–Crippen MR) is 112 cm³/mol. The van der Waals surface area contributed by atoms with E-state index < -0.39 is 42.0 Å². The second-order valence-electron chi connectivity index (χ2n) is 8.29. The number of nitrogens with one attached hydrogen (secondary N) is 2. The first-order chi connectivity index (χ1) is 13.8. The molecule has 2 unspecified atom stereocenters. The van der Waals surface area contributed by atoms with Gasteiger partial charge < -0.3 is 26.0 Å². The van der Waals surface area contributed by atoms with Crippen molar-refractivity contribution in [1.82, 2.24) is 15.5 Å². The smallest absolute Gasteiger partial charge is 0.408 e. The zero-order valence-corrected chi connectivity index (χ0v) is 18.4. The highest BCUT2D eigenvalue weighted by atomic mass is 16.6. The molecule has 4 N–H and O–H groups in total. The molecule has 30 heavy (non-hydrogen) atoms. The summed E-state index contributed by atoms with van der Waals surface area (Å²) < 4.78 is 5.17. The lowest BCUT2D eigenvalue weighted by Gasteiger charge is -2.31. The van der Waals surface area contributed by atoms with Crippen molar-refractivity contribution in [2.75, 3.05) is 7.05 Å². The van der Waals surface area contributed by atoms with Crippen LogP contribution in [0.5, 0.6) is 0 Å². The average Bonchev–Trinajstić information content (AvgIpc) is 2.58. The van der Waals surface area contributed by atoms with Gasteiger partial charge in [0.2, 0.25) is 17.7 Å². The van der Waals surface area contributed by atoms with Crippen molar-refractivity contribution in [3.8, 4) is 0 Å². The van der Waals surface area contributed by atoms with Crippen LogP contribution < -0.4 is 16.4 Å². The summed E-state index contributed by atoms with van der Waals surface area (Å²) in [4.78, 5) is 50.9. The van der Waals surface area contributed by atoms with E-state index in [1.54, 1.807) is 51.1 Å². The van der Waals surface area contributed by atoms with Gasteiger partial charge in [0.15, 0.2) is 0 Å². The number of amides is 4. The molecule has 0 heterocycles. The van der Waals surface area contributed by atoms with Crippen molar-refractivity contribution in [1.29, 1.82) is 0 Å². The monoisotopic (exact) mass is 420 g/mol. The maximum atomic E-state index is 13.2. The molecular formula is C21H32N4O5. The van der Waals surface area contributed by atoms with Crippen molar-refractivity contribution < 1.29 is 23.9 Å². The van der Waals surface area contributed by atoms with Gasteiger partial charge in [-0.05, 0) is 40.2 Å². The Bertz CT molecular complexity index is 758. The lowest BCUT2D eigenvalue weighted by Crippen LogP contribution is -2.53. The van der Waals surface area contributed by atoms with E-state index in [-0.39, 0.29) is 11.9 Å². The first-order valence-corrected chi connectivity index (χ1v) is 9.71. The molecule has 0 aliphatic heterocycles. The van der Waals surface area contributed by atoms with Crippen molar-refractivity contribution in [2.24, 2.45) is 5.73 Å². The number of nitrogens with zero attached hydrogens (tertiary/aromatic N) is 1. The number of carbonyl (C=O) groups is 4. The van der Waals surface area contributed by atoms with E-state index in [0.29, 0.717) is 5.56 Å². The third kappa shape index (κ3) is 8.10. The molecule has 0 aliphatic carbocycles. The topological polar surface area (TPSA) is 131 Å². The molecule has 0 bridgehead atoms. The first kappa shape index (κ1) is 24.9. The van der Waals surface area contributed by atoms with Gasteiger partial charge in [0.05, 0.1) is 6.42 Å². The van der Waals surface area contributed by atoms with Crippen molar-refractivity contribution >= 4 is 23.8 Å². The van der Waals surface area contributed by atoms with Gasteiger partial charge in [-0.25, -0.2) is 4.79 Å². The number of primary amides is 1. The molecule has 1 rings (SSSR count). The Kier molecular flexibility index (Phi) is 8.82. The van der Waals surface area contributed by atoms with Crippen molar-refractivity contribution in [3.05, 3.63) is 35.9 Å². The summed E-state index contributed by atoms with van der Waals surface area (Å²) >= 11 is 0. The highest BCUT2D eigenvalue weighted by Gasteiger charge is 2.34. The van der Waals surface area contributed by atoms with Crippen LogP contribution in [-0.4, -0.2) is 53.4 Å². The number of alkyl carbamates (subject to hydrolysis) is 1. The number of benzene rings is 1. The normalized spacial score (nSPS) is 13.2. The maximum absolute atomic E-state index is 13.2. The number of ether oxygens (including phenoxy) is 1. The summed E-state index contributed by atoms with van der Waals surface area (Å²) in [5.41, 5.74) is 5.06. The number of rotatable bonds is 8. The minimum absolute atomic E-state index is 0.145. The number of carbonyl (C=O) groups excluding carboxylic acids is 4. The minimum atomic E-state index is -1.28. The summed E-state index contributed by atoms with van der Waals surface area (Å²) in [6.45, 7) is 8.63. The Hall–Kier alpha value is -3.10. The summed E-state index contributed by atoms with van der Waals surface area (Å²) in [7, 11) is 1.44. The molecule has 0 aliphatic rings. The van der Waals surface area contributed by atoms with Gasteiger partial charge in [0.25, 0.3) is 0 Å². The Morgan fingerprint density at radius 2 is 1.63 bits per heavy atom. The summed E-state index contributed by atoms with van der Waals surface area (Å²) in [5, 5.41) is 5.18. The van der Waals surface area contributed by atoms with Crippen LogP contribution in [0.25, 0.3) is 0 Å². The molecule has 9 nitrogen and oxygen atoms in total. The predicted octanol–water partition coefficient (Wildman–Crippen LogP) is 1.48. The third-order valence-electron chi connectivity index (χ3n) is 3.92. The van der Waals surface area contributed by atoms with E-state index >= 15 is 0 Å². The van der Waals surface area contributed by atoms with E-state index in [9.17, 15) is 19.2 Å². The minimum Gasteiger partial charge on any atom is -0.444 e. The Balaban J connectivity index is 3.17. The maximum Gasteiger partial charge on any atom is 0.408 e. The quantitative estimate of drug-likeness (QED) is 0.586. The molecule has 2 atom stereocenters. The highest BCUT2D eigenvalue weighted by molar-refractivity contribution is 5.94. The fraction of sp³-hybridized carbons (Fsp3) is 0.524. The molecular weight excluding hydrogens is 388 g/mol. The van der Waals surface area contributed by atoms with Crippen molar-refractivity contribution in [3.63, 3.8) is 0 Å². The van der Waals surface area contributed by atoms with Crippen LogP contribution in [0.4, 0.5) is 4.79 Å². The van der Waals surface area contributed by atoms with Gasteiger partial charge in [0, 0.05) is 13.1 Å². The molecule has 1 aromatic rings. The number of hydrogen-bond acceptors (Lipinski definition) is 5. The van der Waals surface area contributed by atoms with Crippen LogP contribution in [0.2, 0.25) is 0 Å². The summed E-state index contributed by atoms with van der Waals surface area (Å²) in [6.07, 6.45) is -1.30. The molecule has 4 amide bonds. The van der Waals surface area contributed by atoms with E-state index in [4.69, 9.17) is 10.5 Å². The standard InChI is InChI=1S/C21H32N4O5/c1-13(2)23-18(27)17(14-10-8-7-9-11-14)25(6)19(28)15(12-16(22)26)24-20(29)30-21(3,4)5/h7-11,13,15,17H,12H2,1-6H3,(H2,22,26)(H,23,27)(H,24,29). The van der Waals surface area contributed by atoms with E-state index in [1.165, 1.54) is 11.9 Å². The zero-order chi connectivity index (χ0) is 23.1. The lowest BCUT2D eigenvalue weighted by molar-refractivity contribution is -0.141. The fourth-order valence-electron chi connectivity index (χ4n) is 2.77. The fourth-order valence-corrected chi connectivity index (χ4v) is 2.77. The molecule has 0 fully saturated rings.